The largest absolute Gasteiger partial charge is 0.365 e. The first-order chi connectivity index (χ1) is 22.0. The predicted octanol–water partition coefficient (Wildman–Crippen LogP) is 6.63. The van der Waals surface area contributed by atoms with E-state index in [9.17, 15) is 4.79 Å². The molecule has 10 heteroatoms. The number of nitriles is 1. The topological polar surface area (TPSA) is 86.4 Å². The number of para-hydroxylation sites is 2. The first-order valence-electron chi connectivity index (χ1n) is 15.6. The first-order valence-corrected chi connectivity index (χ1v) is 16.4. The van der Waals surface area contributed by atoms with Gasteiger partial charge in [0.05, 0.1) is 33.8 Å². The summed E-state index contributed by atoms with van der Waals surface area (Å²) in [7, 11) is 0. The van der Waals surface area contributed by atoms with Crippen molar-refractivity contribution in [3.63, 3.8) is 0 Å². The Hall–Kier alpha value is -3.61. The highest BCUT2D eigenvalue weighted by molar-refractivity contribution is 6.42. The van der Waals surface area contributed by atoms with Crippen LogP contribution in [0.4, 0.5) is 5.95 Å². The van der Waals surface area contributed by atoms with Gasteiger partial charge in [0.15, 0.2) is 0 Å². The minimum atomic E-state index is -0.188. The lowest BCUT2D eigenvalue weighted by molar-refractivity contribution is 0.0780. The summed E-state index contributed by atoms with van der Waals surface area (Å²) in [5.41, 5.74) is 3.69. The number of aromatic nitrogens is 2. The lowest BCUT2D eigenvalue weighted by Gasteiger charge is -2.36. The number of nitrogens with zero attached hydrogens (tertiary/aromatic N) is 5. The Bertz CT molecular complexity index is 1660. The van der Waals surface area contributed by atoms with Crippen molar-refractivity contribution in [2.24, 2.45) is 0 Å². The molecule has 1 amide bonds. The molecule has 45 heavy (non-hydrogen) atoms. The summed E-state index contributed by atoms with van der Waals surface area (Å²) >= 11 is 12.8. The normalized spacial score (nSPS) is 19.2. The van der Waals surface area contributed by atoms with E-state index in [0.29, 0.717) is 42.3 Å². The van der Waals surface area contributed by atoms with Crippen LogP contribution in [-0.2, 0) is 16.7 Å². The summed E-state index contributed by atoms with van der Waals surface area (Å²) in [4.78, 5) is 22.8. The molecule has 0 bridgehead atoms. The van der Waals surface area contributed by atoms with E-state index in [-0.39, 0.29) is 17.9 Å². The fourth-order valence-electron chi connectivity index (χ4n) is 6.76. The van der Waals surface area contributed by atoms with Crippen molar-refractivity contribution in [3.05, 3.63) is 94.0 Å². The minimum absolute atomic E-state index is 0.0760. The van der Waals surface area contributed by atoms with E-state index >= 15 is 0 Å². The number of nitrogens with one attached hydrogen (secondary N) is 1. The fourth-order valence-corrected chi connectivity index (χ4v) is 7.06. The molecule has 2 saturated heterocycles. The quantitative estimate of drug-likeness (QED) is 0.184. The molecule has 0 saturated carbocycles. The van der Waals surface area contributed by atoms with Gasteiger partial charge in [-0.1, -0.05) is 59.6 Å². The third kappa shape index (κ3) is 7.13. The second-order valence-electron chi connectivity index (χ2n) is 12.0. The molecule has 0 radical (unpaired) electrons. The van der Waals surface area contributed by atoms with Gasteiger partial charge in [0.25, 0.3) is 5.91 Å². The second-order valence-corrected chi connectivity index (χ2v) is 12.9. The number of rotatable bonds is 11. The van der Waals surface area contributed by atoms with E-state index in [4.69, 9.17) is 38.2 Å². The smallest absolute Gasteiger partial charge is 0.253 e. The number of carbonyl (C=O) groups is 1. The van der Waals surface area contributed by atoms with Crippen LogP contribution in [0.2, 0.25) is 10.0 Å². The highest BCUT2D eigenvalue weighted by atomic mass is 35.5. The van der Waals surface area contributed by atoms with Gasteiger partial charge in [-0.25, -0.2) is 4.98 Å². The van der Waals surface area contributed by atoms with Crippen LogP contribution in [0.1, 0.15) is 41.6 Å². The molecular weight excluding hydrogens is 607 g/mol. The summed E-state index contributed by atoms with van der Waals surface area (Å²) in [5, 5.41) is 13.6. The molecule has 1 aromatic heterocycles. The Morgan fingerprint density at radius 1 is 1.00 bits per heavy atom. The lowest BCUT2D eigenvalue weighted by Crippen LogP contribution is -2.42. The highest BCUT2D eigenvalue weighted by Crippen LogP contribution is 2.41. The van der Waals surface area contributed by atoms with Gasteiger partial charge >= 0.3 is 0 Å². The zero-order chi connectivity index (χ0) is 31.2. The third-order valence-corrected chi connectivity index (χ3v) is 10.0. The Morgan fingerprint density at radius 2 is 1.78 bits per heavy atom. The molecule has 4 aromatic rings. The Kier molecular flexibility index (Phi) is 9.91. The van der Waals surface area contributed by atoms with Crippen molar-refractivity contribution >= 4 is 46.1 Å². The Labute approximate surface area is 274 Å². The van der Waals surface area contributed by atoms with Crippen LogP contribution in [0.5, 0.6) is 0 Å². The molecule has 1 atom stereocenters. The molecule has 1 N–H and O–H groups in total. The second kappa shape index (κ2) is 14.2. The van der Waals surface area contributed by atoms with Gasteiger partial charge < -0.3 is 24.4 Å². The number of piperidine rings is 1. The lowest BCUT2D eigenvalue weighted by atomic mass is 9.76. The molecule has 2 aliphatic heterocycles. The third-order valence-electron chi connectivity index (χ3n) is 9.30. The molecule has 2 aliphatic rings. The fraction of sp³-hybridized carbons (Fsp3) is 0.400. The molecule has 234 valence electrons. The summed E-state index contributed by atoms with van der Waals surface area (Å²) in [5.74, 6) is 0.926. The van der Waals surface area contributed by atoms with Crippen LogP contribution in [-0.4, -0.2) is 77.2 Å². The van der Waals surface area contributed by atoms with E-state index in [1.807, 2.05) is 71.6 Å². The van der Waals surface area contributed by atoms with Crippen molar-refractivity contribution in [1.82, 2.24) is 19.4 Å². The molecule has 0 spiro atoms. The summed E-state index contributed by atoms with van der Waals surface area (Å²) in [6.07, 6.45) is 3.83. The molecule has 1 unspecified atom stereocenters. The summed E-state index contributed by atoms with van der Waals surface area (Å²) < 4.78 is 7.60. The van der Waals surface area contributed by atoms with E-state index in [1.165, 1.54) is 0 Å². The van der Waals surface area contributed by atoms with Crippen molar-refractivity contribution in [1.29, 1.82) is 5.26 Å². The molecule has 8 nitrogen and oxygen atoms in total. The minimum Gasteiger partial charge on any atom is -0.365 e. The van der Waals surface area contributed by atoms with Crippen molar-refractivity contribution in [2.75, 3.05) is 51.3 Å². The van der Waals surface area contributed by atoms with Gasteiger partial charge in [-0.05, 0) is 74.2 Å². The number of ether oxygens (including phenoxy) is 1. The highest BCUT2D eigenvalue weighted by Gasteiger charge is 2.42. The van der Waals surface area contributed by atoms with E-state index < -0.39 is 0 Å². The maximum Gasteiger partial charge on any atom is 0.253 e. The molecular formula is C35H38Cl2N6O2. The number of halogens is 2. The average molecular weight is 646 g/mol. The van der Waals surface area contributed by atoms with Crippen molar-refractivity contribution < 1.29 is 9.53 Å². The van der Waals surface area contributed by atoms with Crippen LogP contribution in [0.15, 0.2) is 72.8 Å². The standard InChI is InChI=1S/C35H38Cl2N6O2/c36-29-11-10-27(24-30(29)37)35(15-20-42(25-35)33(44)26-6-2-1-3-7-26)14-19-41-17-12-28(13-18-41)39-34-40-31-8-4-5-9-32(31)43(34)21-23-45-22-16-38/h1-11,24,28H,12-15,17-23,25H2,(H,39,40). The number of amides is 1. The SMILES string of the molecule is N#CCOCCn1c(NC2CCN(CCC3(c4ccc(Cl)c(Cl)c4)CCN(C(=O)c4ccccc4)C3)CC2)nc2ccccc21. The van der Waals surface area contributed by atoms with E-state index in [0.717, 1.165) is 73.4 Å². The van der Waals surface area contributed by atoms with E-state index in [2.05, 4.69) is 26.9 Å². The zero-order valence-electron chi connectivity index (χ0n) is 25.3. The van der Waals surface area contributed by atoms with Gasteiger partial charge in [-0.2, -0.15) is 5.26 Å². The molecule has 2 fully saturated rings. The number of hydrogen-bond acceptors (Lipinski definition) is 6. The average Bonchev–Trinajstić information content (AvgIpc) is 3.66. The van der Waals surface area contributed by atoms with Gasteiger partial charge in [-0.15, -0.1) is 0 Å². The number of hydrogen-bond donors (Lipinski definition) is 1. The maximum atomic E-state index is 13.4. The van der Waals surface area contributed by atoms with Crippen LogP contribution >= 0.6 is 23.2 Å². The molecule has 6 rings (SSSR count). The zero-order valence-corrected chi connectivity index (χ0v) is 26.8. The van der Waals surface area contributed by atoms with E-state index in [1.54, 1.807) is 0 Å². The van der Waals surface area contributed by atoms with Crippen molar-refractivity contribution in [3.8, 4) is 6.07 Å². The van der Waals surface area contributed by atoms with Gasteiger partial charge in [-0.3, -0.25) is 4.79 Å². The molecule has 3 aromatic carbocycles. The maximum absolute atomic E-state index is 13.4. The number of benzene rings is 3. The van der Waals surface area contributed by atoms with Crippen LogP contribution in [0, 0.1) is 11.3 Å². The number of anilines is 1. The van der Waals surface area contributed by atoms with Crippen LogP contribution in [0.25, 0.3) is 11.0 Å². The number of likely N-dealkylation sites (tertiary alicyclic amines) is 2. The monoisotopic (exact) mass is 644 g/mol. The van der Waals surface area contributed by atoms with Crippen LogP contribution in [0.3, 0.4) is 0 Å². The number of fused-ring (bicyclic) bond motifs is 1. The van der Waals surface area contributed by atoms with Gasteiger partial charge in [0, 0.05) is 49.7 Å². The first kappa shape index (κ1) is 31.4. The van der Waals surface area contributed by atoms with Gasteiger partial charge in [0.1, 0.15) is 6.61 Å². The summed E-state index contributed by atoms with van der Waals surface area (Å²) in [6.45, 7) is 5.44. The van der Waals surface area contributed by atoms with Crippen molar-refractivity contribution in [2.45, 2.75) is 43.7 Å². The predicted molar refractivity (Wildman–Crippen MR) is 179 cm³/mol. The Morgan fingerprint density at radius 3 is 2.56 bits per heavy atom. The molecule has 3 heterocycles. The number of carbonyl (C=O) groups excluding carboxylic acids is 1. The van der Waals surface area contributed by atoms with Crippen LogP contribution < -0.4 is 5.32 Å². The Balaban J connectivity index is 1.10. The number of imidazole rings is 1. The molecule has 0 aliphatic carbocycles. The summed E-state index contributed by atoms with van der Waals surface area (Å²) in [6, 6.07) is 25.9. The van der Waals surface area contributed by atoms with Gasteiger partial charge in [0.2, 0.25) is 5.95 Å².